The second-order valence-corrected chi connectivity index (χ2v) is 7.75. The van der Waals surface area contributed by atoms with E-state index in [1.54, 1.807) is 18.3 Å². The van der Waals surface area contributed by atoms with Gasteiger partial charge in [0, 0.05) is 10.9 Å². The molecule has 0 fully saturated rings. The van der Waals surface area contributed by atoms with Crippen LogP contribution < -0.4 is 10.3 Å². The third-order valence-electron chi connectivity index (χ3n) is 4.37. The summed E-state index contributed by atoms with van der Waals surface area (Å²) < 4.78 is 7.94. The van der Waals surface area contributed by atoms with Crippen LogP contribution in [0.2, 0.25) is 5.02 Å². The van der Waals surface area contributed by atoms with Gasteiger partial charge in [-0.05, 0) is 55.3 Å². The molecule has 146 valence electrons. The molecule has 0 spiro atoms. The first-order valence-electron chi connectivity index (χ1n) is 9.14. The fourth-order valence-corrected chi connectivity index (χ4v) is 3.25. The molecule has 7 heteroatoms. The van der Waals surface area contributed by atoms with Crippen molar-refractivity contribution in [3.8, 4) is 5.75 Å². The minimum absolute atomic E-state index is 0.0886. The fourth-order valence-electron chi connectivity index (χ4n) is 2.66. The Bertz CT molecular complexity index is 1090. The number of fused-ring (bicyclic) bond motifs is 1. The lowest BCUT2D eigenvalue weighted by molar-refractivity contribution is 0.217. The summed E-state index contributed by atoms with van der Waals surface area (Å²) in [6, 6.07) is 10.9. The van der Waals surface area contributed by atoms with Crippen LogP contribution in [0.3, 0.4) is 0 Å². The molecule has 0 aliphatic heterocycles. The van der Waals surface area contributed by atoms with Gasteiger partial charge in [-0.2, -0.15) is 9.78 Å². The molecule has 3 aromatic rings. The third kappa shape index (κ3) is 4.45. The van der Waals surface area contributed by atoms with Gasteiger partial charge in [0.1, 0.15) is 11.6 Å². The molecular weight excluding hydrogens is 442 g/mol. The van der Waals surface area contributed by atoms with Crippen molar-refractivity contribution in [3.05, 3.63) is 67.6 Å². The van der Waals surface area contributed by atoms with Crippen molar-refractivity contribution < 1.29 is 4.74 Å². The number of hydrogen-bond donors (Lipinski definition) is 0. The first-order valence-corrected chi connectivity index (χ1v) is 10.3. The van der Waals surface area contributed by atoms with E-state index < -0.39 is 0 Å². The number of rotatable bonds is 6. The smallest absolute Gasteiger partial charge is 0.282 e. The number of hydrogen-bond acceptors (Lipinski definition) is 4. The van der Waals surface area contributed by atoms with Crippen molar-refractivity contribution >= 4 is 44.6 Å². The Kier molecular flexibility index (Phi) is 6.52. The average Bonchev–Trinajstić information content (AvgIpc) is 2.69. The van der Waals surface area contributed by atoms with E-state index in [0.717, 1.165) is 16.5 Å². The number of benzene rings is 2. The van der Waals surface area contributed by atoms with Gasteiger partial charge in [-0.15, -0.1) is 0 Å². The topological polar surface area (TPSA) is 56.5 Å². The molecule has 0 saturated carbocycles. The predicted octanol–water partition coefficient (Wildman–Crippen LogP) is 5.43. The number of nitrogens with zero attached hydrogens (tertiary/aromatic N) is 3. The summed E-state index contributed by atoms with van der Waals surface area (Å²) in [6.07, 6.45) is 3.17. The van der Waals surface area contributed by atoms with E-state index in [1.165, 1.54) is 4.68 Å². The standard InChI is InChI=1S/C21H21BrClN3O2/c1-4-13(3)28-19-9-6-14(10-17(19)23)12-24-26-20(5-2)25-18-8-7-15(22)11-16(18)21(26)27/h6-13H,4-5H2,1-3H3/t13-/m1/s1. The predicted molar refractivity (Wildman–Crippen MR) is 118 cm³/mol. The molecule has 0 amide bonds. The maximum atomic E-state index is 12.9. The molecule has 5 nitrogen and oxygen atoms in total. The van der Waals surface area contributed by atoms with Crippen molar-refractivity contribution in [1.82, 2.24) is 9.66 Å². The van der Waals surface area contributed by atoms with Crippen molar-refractivity contribution in [2.45, 2.75) is 39.7 Å². The summed E-state index contributed by atoms with van der Waals surface area (Å²) >= 11 is 9.72. The molecule has 1 atom stereocenters. The van der Waals surface area contributed by atoms with Crippen LogP contribution in [0, 0.1) is 0 Å². The summed E-state index contributed by atoms with van der Waals surface area (Å²) in [4.78, 5) is 17.5. The van der Waals surface area contributed by atoms with Crippen LogP contribution >= 0.6 is 27.5 Å². The van der Waals surface area contributed by atoms with Crippen LogP contribution in [0.4, 0.5) is 0 Å². The largest absolute Gasteiger partial charge is 0.489 e. The second kappa shape index (κ2) is 8.88. The monoisotopic (exact) mass is 461 g/mol. The maximum Gasteiger partial charge on any atom is 0.282 e. The summed E-state index contributed by atoms with van der Waals surface area (Å²) in [5.74, 6) is 1.23. The highest BCUT2D eigenvalue weighted by Crippen LogP contribution is 2.26. The zero-order valence-corrected chi connectivity index (χ0v) is 18.3. The van der Waals surface area contributed by atoms with Gasteiger partial charge in [0.25, 0.3) is 5.56 Å². The van der Waals surface area contributed by atoms with Crippen molar-refractivity contribution in [2.24, 2.45) is 5.10 Å². The minimum atomic E-state index is -0.206. The molecule has 0 radical (unpaired) electrons. The lowest BCUT2D eigenvalue weighted by atomic mass is 10.2. The van der Waals surface area contributed by atoms with Gasteiger partial charge in [-0.25, -0.2) is 4.98 Å². The first kappa shape index (κ1) is 20.6. The number of aromatic nitrogens is 2. The third-order valence-corrected chi connectivity index (χ3v) is 5.16. The van der Waals surface area contributed by atoms with Crippen LogP contribution in [0.1, 0.15) is 38.6 Å². The molecule has 2 aromatic carbocycles. The van der Waals surface area contributed by atoms with Crippen LogP contribution in [0.15, 0.2) is 50.8 Å². The molecular formula is C21H21BrClN3O2. The Labute approximate surface area is 177 Å². The number of ether oxygens (including phenoxy) is 1. The summed E-state index contributed by atoms with van der Waals surface area (Å²) in [5, 5.41) is 5.40. The molecule has 1 heterocycles. The second-order valence-electron chi connectivity index (χ2n) is 6.43. The Morgan fingerprint density at radius 1 is 1.29 bits per heavy atom. The molecule has 0 aliphatic rings. The highest BCUT2D eigenvalue weighted by molar-refractivity contribution is 9.10. The molecule has 0 aliphatic carbocycles. The number of aryl methyl sites for hydroxylation is 1. The van der Waals surface area contributed by atoms with E-state index in [-0.39, 0.29) is 11.7 Å². The van der Waals surface area contributed by atoms with Gasteiger partial charge in [-0.1, -0.05) is 41.4 Å². The Balaban J connectivity index is 1.98. The normalized spacial score (nSPS) is 12.6. The highest BCUT2D eigenvalue weighted by atomic mass is 79.9. The molecule has 0 bridgehead atoms. The summed E-state index contributed by atoms with van der Waals surface area (Å²) in [7, 11) is 0. The number of halogens is 2. The minimum Gasteiger partial charge on any atom is -0.489 e. The van der Waals surface area contributed by atoms with Gasteiger partial charge in [-0.3, -0.25) is 4.79 Å². The van der Waals surface area contributed by atoms with E-state index >= 15 is 0 Å². The highest BCUT2D eigenvalue weighted by Gasteiger charge is 2.10. The molecule has 0 unspecified atom stereocenters. The van der Waals surface area contributed by atoms with E-state index in [0.29, 0.717) is 33.9 Å². The van der Waals surface area contributed by atoms with Gasteiger partial charge < -0.3 is 4.74 Å². The van der Waals surface area contributed by atoms with Crippen molar-refractivity contribution in [3.63, 3.8) is 0 Å². The summed E-state index contributed by atoms with van der Waals surface area (Å²) in [6.45, 7) is 5.99. The van der Waals surface area contributed by atoms with Crippen LogP contribution in [-0.2, 0) is 6.42 Å². The van der Waals surface area contributed by atoms with Crippen LogP contribution in [0.25, 0.3) is 10.9 Å². The molecule has 1 aromatic heterocycles. The Morgan fingerprint density at radius 2 is 2.07 bits per heavy atom. The maximum absolute atomic E-state index is 12.9. The Hall–Kier alpha value is -2.18. The van der Waals surface area contributed by atoms with E-state index in [2.05, 4.69) is 32.9 Å². The molecule has 28 heavy (non-hydrogen) atoms. The SMILES string of the molecule is CCc1nc2ccc(Br)cc2c(=O)n1N=Cc1ccc(O[C@H](C)CC)c(Cl)c1. The van der Waals surface area contributed by atoms with Crippen LogP contribution in [0.5, 0.6) is 5.75 Å². The van der Waals surface area contributed by atoms with Crippen LogP contribution in [-0.4, -0.2) is 22.0 Å². The zero-order valence-electron chi connectivity index (χ0n) is 15.9. The van der Waals surface area contributed by atoms with Gasteiger partial charge >= 0.3 is 0 Å². The van der Waals surface area contributed by atoms with Gasteiger partial charge in [0.15, 0.2) is 0 Å². The first-order chi connectivity index (χ1) is 13.4. The van der Waals surface area contributed by atoms with Crippen molar-refractivity contribution in [2.75, 3.05) is 0 Å². The van der Waals surface area contributed by atoms with E-state index in [4.69, 9.17) is 16.3 Å². The van der Waals surface area contributed by atoms with E-state index in [1.807, 2.05) is 38.1 Å². The van der Waals surface area contributed by atoms with Gasteiger partial charge in [0.2, 0.25) is 0 Å². The molecule has 0 N–H and O–H groups in total. The Morgan fingerprint density at radius 3 is 2.75 bits per heavy atom. The van der Waals surface area contributed by atoms with Gasteiger partial charge in [0.05, 0.1) is 28.2 Å². The zero-order chi connectivity index (χ0) is 20.3. The molecule has 3 rings (SSSR count). The summed E-state index contributed by atoms with van der Waals surface area (Å²) in [5.41, 5.74) is 1.22. The van der Waals surface area contributed by atoms with Crippen molar-refractivity contribution in [1.29, 1.82) is 0 Å². The lowest BCUT2D eigenvalue weighted by Gasteiger charge is -2.14. The fraction of sp³-hybridized carbons (Fsp3) is 0.286. The van der Waals surface area contributed by atoms with E-state index in [9.17, 15) is 4.79 Å². The average molecular weight is 463 g/mol. The quantitative estimate of drug-likeness (QED) is 0.459. The molecule has 0 saturated heterocycles. The lowest BCUT2D eigenvalue weighted by Crippen LogP contribution is -2.22.